The van der Waals surface area contributed by atoms with Gasteiger partial charge in [0.25, 0.3) is 0 Å². The van der Waals surface area contributed by atoms with Crippen LogP contribution in [0, 0.1) is 0 Å². The molecule has 5 nitrogen and oxygen atoms in total. The van der Waals surface area contributed by atoms with Crippen molar-refractivity contribution in [2.45, 2.75) is 19.8 Å². The van der Waals surface area contributed by atoms with E-state index in [1.165, 1.54) is 32.5 Å². The lowest BCUT2D eigenvalue weighted by molar-refractivity contribution is -0.933. The fourth-order valence-corrected chi connectivity index (χ4v) is 2.38. The second-order valence-electron chi connectivity index (χ2n) is 5.07. The summed E-state index contributed by atoms with van der Waals surface area (Å²) >= 11 is 0. The maximum atomic E-state index is 5.74. The molecule has 0 atom stereocenters. The Morgan fingerprint density at radius 3 is 1.80 bits per heavy atom. The van der Waals surface area contributed by atoms with E-state index in [0.29, 0.717) is 39.6 Å². The quantitative estimate of drug-likeness (QED) is 0.221. The predicted molar refractivity (Wildman–Crippen MR) is 74.1 cm³/mol. The average molecular weight is 403 g/mol. The molecule has 0 radical (unpaired) electrons. The molecule has 0 aromatic rings. The fraction of sp³-hybridized carbons (Fsp3) is 1.00. The molecule has 1 aliphatic rings. The molecule has 0 aromatic carbocycles. The van der Waals surface area contributed by atoms with Crippen LogP contribution in [0.5, 0.6) is 0 Å². The van der Waals surface area contributed by atoms with Crippen LogP contribution in [-0.4, -0.2) is 77.6 Å². The molecule has 0 aliphatic carbocycles. The van der Waals surface area contributed by atoms with E-state index in [1.807, 2.05) is 0 Å². The van der Waals surface area contributed by atoms with E-state index in [2.05, 4.69) is 6.92 Å². The third-order valence-corrected chi connectivity index (χ3v) is 3.73. The van der Waals surface area contributed by atoms with Gasteiger partial charge < -0.3 is 47.4 Å². The minimum Gasteiger partial charge on any atom is -1.00 e. The first-order valence-corrected chi connectivity index (χ1v) is 7.40. The van der Waals surface area contributed by atoms with Gasteiger partial charge in [-0.1, -0.05) is 0 Å². The van der Waals surface area contributed by atoms with Crippen LogP contribution in [0.15, 0.2) is 0 Å². The van der Waals surface area contributed by atoms with Gasteiger partial charge in [-0.3, -0.25) is 0 Å². The monoisotopic (exact) mass is 403 g/mol. The molecule has 0 aromatic heterocycles. The Labute approximate surface area is 140 Å². The zero-order valence-electron chi connectivity index (χ0n) is 12.9. The first-order valence-electron chi connectivity index (χ1n) is 7.40. The van der Waals surface area contributed by atoms with Gasteiger partial charge >= 0.3 is 0 Å². The number of likely N-dealkylation sites (tertiary alicyclic amines) is 1. The average Bonchev–Trinajstić information content (AvgIpc) is 2.90. The maximum Gasteiger partial charge on any atom is 0.183 e. The summed E-state index contributed by atoms with van der Waals surface area (Å²) in [6.07, 6.45) is 2.68. The predicted octanol–water partition coefficient (Wildman–Crippen LogP) is -1.73. The van der Waals surface area contributed by atoms with Crippen LogP contribution in [-0.2, 0) is 18.9 Å². The number of hydrogen-bond acceptors (Lipinski definition) is 4. The topological polar surface area (TPSA) is 36.9 Å². The molecule has 0 bridgehead atoms. The van der Waals surface area contributed by atoms with Crippen molar-refractivity contribution in [2.75, 3.05) is 73.1 Å². The highest BCUT2D eigenvalue weighted by Gasteiger charge is 2.29. The van der Waals surface area contributed by atoms with Crippen LogP contribution >= 0.6 is 0 Å². The number of quaternary nitrogens is 1. The number of ether oxygens (including phenoxy) is 4. The summed E-state index contributed by atoms with van der Waals surface area (Å²) in [4.78, 5) is 0. The number of halogens is 1. The van der Waals surface area contributed by atoms with Crippen molar-refractivity contribution in [3.8, 4) is 0 Å². The summed E-state index contributed by atoms with van der Waals surface area (Å²) in [5.74, 6) is 0. The number of rotatable bonds is 12. The summed E-state index contributed by atoms with van der Waals surface area (Å²) in [5, 5.41) is 0. The molecule has 20 heavy (non-hydrogen) atoms. The molecule has 1 saturated heterocycles. The molecule has 1 heterocycles. The highest BCUT2D eigenvalue weighted by atomic mass is 127. The fourth-order valence-electron chi connectivity index (χ4n) is 2.38. The van der Waals surface area contributed by atoms with Crippen LogP contribution in [0.4, 0.5) is 0 Å². The second-order valence-corrected chi connectivity index (χ2v) is 5.07. The summed E-state index contributed by atoms with van der Waals surface area (Å²) in [5.41, 5.74) is 0. The van der Waals surface area contributed by atoms with E-state index in [0.717, 1.165) is 11.2 Å². The Kier molecular flexibility index (Phi) is 13.6. The lowest BCUT2D eigenvalue weighted by atomic mass is 10.4. The molecule has 0 N–H and O–H groups in total. The van der Waals surface area contributed by atoms with Crippen molar-refractivity contribution in [1.82, 2.24) is 0 Å². The lowest BCUT2D eigenvalue weighted by Crippen LogP contribution is -3.00. The van der Waals surface area contributed by atoms with Crippen molar-refractivity contribution >= 4 is 0 Å². The standard InChI is InChI=1S/C14H30NO4.HI/c1-3-15(6-4-5-7-15)14-19-13-12-18-11-10-17-9-8-16-2;/h3-14H2,1-2H3;1H/q+1;/p-1. The van der Waals surface area contributed by atoms with Gasteiger partial charge in [0.2, 0.25) is 0 Å². The van der Waals surface area contributed by atoms with Gasteiger partial charge in [-0.15, -0.1) is 0 Å². The number of hydrogen-bond donors (Lipinski definition) is 0. The van der Waals surface area contributed by atoms with Crippen molar-refractivity contribution in [3.05, 3.63) is 0 Å². The summed E-state index contributed by atoms with van der Waals surface area (Å²) in [6, 6.07) is 0. The summed E-state index contributed by atoms with van der Waals surface area (Å²) in [6.45, 7) is 10.7. The van der Waals surface area contributed by atoms with Crippen LogP contribution in [0.1, 0.15) is 19.8 Å². The van der Waals surface area contributed by atoms with E-state index in [1.54, 1.807) is 7.11 Å². The normalized spacial score (nSPS) is 17.1. The number of nitrogens with zero attached hydrogens (tertiary/aromatic N) is 1. The first kappa shape index (κ1) is 20.5. The van der Waals surface area contributed by atoms with E-state index in [-0.39, 0.29) is 24.0 Å². The molecule has 1 aliphatic heterocycles. The van der Waals surface area contributed by atoms with Gasteiger partial charge in [0, 0.05) is 20.0 Å². The molecule has 6 heteroatoms. The minimum absolute atomic E-state index is 0. The van der Waals surface area contributed by atoms with Crippen LogP contribution in [0.2, 0.25) is 0 Å². The zero-order valence-corrected chi connectivity index (χ0v) is 15.1. The maximum absolute atomic E-state index is 5.74. The molecule has 1 rings (SSSR count). The number of methoxy groups -OCH3 is 1. The lowest BCUT2D eigenvalue weighted by Gasteiger charge is -2.32. The largest absolute Gasteiger partial charge is 1.00 e. The molecule has 122 valence electrons. The van der Waals surface area contributed by atoms with E-state index in [4.69, 9.17) is 18.9 Å². The molecule has 1 fully saturated rings. The van der Waals surface area contributed by atoms with E-state index >= 15 is 0 Å². The van der Waals surface area contributed by atoms with Crippen LogP contribution < -0.4 is 24.0 Å². The van der Waals surface area contributed by atoms with Gasteiger partial charge in [0.05, 0.1) is 59.3 Å². The van der Waals surface area contributed by atoms with Crippen LogP contribution in [0.3, 0.4) is 0 Å². The molecular weight excluding hydrogens is 373 g/mol. The molecular formula is C14H30INO4. The van der Waals surface area contributed by atoms with E-state index in [9.17, 15) is 0 Å². The smallest absolute Gasteiger partial charge is 0.183 e. The first-order chi connectivity index (χ1) is 9.33. The van der Waals surface area contributed by atoms with Gasteiger partial charge in [-0.2, -0.15) is 0 Å². The van der Waals surface area contributed by atoms with Gasteiger partial charge in [0.1, 0.15) is 0 Å². The SMILES string of the molecule is CC[N+]1(COCCOCCOCCOC)CCCC1.[I-]. The van der Waals surface area contributed by atoms with E-state index < -0.39 is 0 Å². The Hall–Kier alpha value is 0.530. The highest BCUT2D eigenvalue weighted by Crippen LogP contribution is 2.18. The van der Waals surface area contributed by atoms with Crippen molar-refractivity contribution < 1.29 is 47.4 Å². The Morgan fingerprint density at radius 1 is 0.800 bits per heavy atom. The Balaban J connectivity index is 0.00000361. The molecule has 0 unspecified atom stereocenters. The molecule has 0 spiro atoms. The van der Waals surface area contributed by atoms with Crippen molar-refractivity contribution in [1.29, 1.82) is 0 Å². The summed E-state index contributed by atoms with van der Waals surface area (Å²) in [7, 11) is 1.67. The summed E-state index contributed by atoms with van der Waals surface area (Å²) < 4.78 is 22.5. The van der Waals surface area contributed by atoms with Crippen molar-refractivity contribution in [3.63, 3.8) is 0 Å². The zero-order chi connectivity index (χ0) is 13.8. The van der Waals surface area contributed by atoms with Crippen molar-refractivity contribution in [2.24, 2.45) is 0 Å². The molecule has 0 amide bonds. The second kappa shape index (κ2) is 13.2. The minimum atomic E-state index is 0. The van der Waals surface area contributed by atoms with Gasteiger partial charge in [0.15, 0.2) is 6.73 Å². The molecule has 0 saturated carbocycles. The van der Waals surface area contributed by atoms with Crippen LogP contribution in [0.25, 0.3) is 0 Å². The third-order valence-electron chi connectivity index (χ3n) is 3.73. The van der Waals surface area contributed by atoms with Gasteiger partial charge in [-0.05, 0) is 6.92 Å². The highest BCUT2D eigenvalue weighted by molar-refractivity contribution is 4.51. The third kappa shape index (κ3) is 8.74. The Bertz CT molecular complexity index is 213. The van der Waals surface area contributed by atoms with Gasteiger partial charge in [-0.25, -0.2) is 0 Å². The Morgan fingerprint density at radius 2 is 1.30 bits per heavy atom.